The molecule has 0 bridgehead atoms. The van der Waals surface area contributed by atoms with Crippen molar-refractivity contribution < 1.29 is 14.2 Å². The molecule has 19 heavy (non-hydrogen) atoms. The Labute approximate surface area is 113 Å². The van der Waals surface area contributed by atoms with Crippen LogP contribution in [0.15, 0.2) is 12.1 Å². The lowest BCUT2D eigenvalue weighted by Crippen LogP contribution is -2.47. The molecule has 0 radical (unpaired) electrons. The van der Waals surface area contributed by atoms with Gasteiger partial charge >= 0.3 is 0 Å². The van der Waals surface area contributed by atoms with Crippen LogP contribution in [-0.2, 0) is 10.2 Å². The number of ether oxygens (including phenoxy) is 3. The molecular weight excluding hydrogens is 242 g/mol. The summed E-state index contributed by atoms with van der Waals surface area (Å²) in [5.74, 6) is 1.73. The van der Waals surface area contributed by atoms with Crippen LogP contribution in [-0.4, -0.2) is 33.0 Å². The molecule has 3 rings (SSSR count). The highest BCUT2D eigenvalue weighted by molar-refractivity contribution is 5.50. The molecule has 4 heteroatoms. The molecule has 2 aliphatic rings. The van der Waals surface area contributed by atoms with Gasteiger partial charge in [-0.25, -0.2) is 0 Å². The highest BCUT2D eigenvalue weighted by Crippen LogP contribution is 2.43. The summed E-state index contributed by atoms with van der Waals surface area (Å²) in [5, 5.41) is 0. The highest BCUT2D eigenvalue weighted by atomic mass is 16.6. The van der Waals surface area contributed by atoms with E-state index in [-0.39, 0.29) is 5.41 Å². The summed E-state index contributed by atoms with van der Waals surface area (Å²) in [5.41, 5.74) is 8.36. The van der Waals surface area contributed by atoms with Crippen LogP contribution in [0.25, 0.3) is 0 Å². The zero-order valence-electron chi connectivity index (χ0n) is 11.4. The molecule has 0 aliphatic carbocycles. The Balaban J connectivity index is 1.94. The van der Waals surface area contributed by atoms with E-state index in [1.165, 1.54) is 11.1 Å². The van der Waals surface area contributed by atoms with Gasteiger partial charge in [0.25, 0.3) is 0 Å². The van der Waals surface area contributed by atoms with Crippen LogP contribution in [0.3, 0.4) is 0 Å². The lowest BCUT2D eigenvalue weighted by Gasteiger charge is -2.43. The Bertz CT molecular complexity index is 469. The van der Waals surface area contributed by atoms with Crippen molar-refractivity contribution in [2.75, 3.05) is 33.0 Å². The largest absolute Gasteiger partial charge is 0.486 e. The Morgan fingerprint density at radius 3 is 2.42 bits per heavy atom. The molecule has 0 saturated carbocycles. The monoisotopic (exact) mass is 263 g/mol. The standard InChI is InChI=1S/C15H21NO3/c1-11-7-13-14(19-6-5-18-13)8-12(11)15(3-2-4-16)9-17-10-15/h7-8H,2-6,9-10,16H2,1H3. The summed E-state index contributed by atoms with van der Waals surface area (Å²) in [7, 11) is 0. The normalized spacial score (nSPS) is 19.9. The predicted octanol–water partition coefficient (Wildman–Crippen LogP) is 1.77. The zero-order chi connectivity index (χ0) is 13.3. The molecule has 0 amide bonds. The summed E-state index contributed by atoms with van der Waals surface area (Å²) < 4.78 is 16.8. The summed E-state index contributed by atoms with van der Waals surface area (Å²) in [6.45, 7) is 5.69. The maximum Gasteiger partial charge on any atom is 0.161 e. The van der Waals surface area contributed by atoms with E-state index >= 15 is 0 Å². The van der Waals surface area contributed by atoms with Crippen molar-refractivity contribution in [1.82, 2.24) is 0 Å². The molecule has 1 aromatic carbocycles. The van der Waals surface area contributed by atoms with Crippen molar-refractivity contribution in [2.24, 2.45) is 5.73 Å². The summed E-state index contributed by atoms with van der Waals surface area (Å²) in [4.78, 5) is 0. The second kappa shape index (κ2) is 5.02. The van der Waals surface area contributed by atoms with E-state index in [1.54, 1.807) is 0 Å². The molecule has 2 aliphatic heterocycles. The number of benzene rings is 1. The first kappa shape index (κ1) is 12.8. The van der Waals surface area contributed by atoms with Crippen molar-refractivity contribution in [3.05, 3.63) is 23.3 Å². The molecule has 1 aromatic rings. The predicted molar refractivity (Wildman–Crippen MR) is 73.0 cm³/mol. The molecule has 0 unspecified atom stereocenters. The van der Waals surface area contributed by atoms with Crippen molar-refractivity contribution >= 4 is 0 Å². The molecule has 104 valence electrons. The minimum absolute atomic E-state index is 0.124. The average Bonchev–Trinajstić information content (AvgIpc) is 2.38. The third kappa shape index (κ3) is 2.19. The Kier molecular flexibility index (Phi) is 3.37. The number of hydrogen-bond donors (Lipinski definition) is 1. The third-order valence-electron chi connectivity index (χ3n) is 4.08. The topological polar surface area (TPSA) is 53.7 Å². The van der Waals surface area contributed by atoms with Crippen LogP contribution in [0, 0.1) is 6.92 Å². The van der Waals surface area contributed by atoms with Crippen molar-refractivity contribution in [3.63, 3.8) is 0 Å². The highest BCUT2D eigenvalue weighted by Gasteiger charge is 2.41. The van der Waals surface area contributed by atoms with Gasteiger partial charge in [-0.1, -0.05) is 0 Å². The van der Waals surface area contributed by atoms with Crippen molar-refractivity contribution in [2.45, 2.75) is 25.2 Å². The van der Waals surface area contributed by atoms with Gasteiger partial charge in [0, 0.05) is 5.41 Å². The Hall–Kier alpha value is -1.26. The van der Waals surface area contributed by atoms with E-state index in [9.17, 15) is 0 Å². The first-order chi connectivity index (χ1) is 9.25. The molecule has 2 N–H and O–H groups in total. The fourth-order valence-electron chi connectivity index (χ4n) is 2.99. The number of hydrogen-bond acceptors (Lipinski definition) is 4. The first-order valence-corrected chi connectivity index (χ1v) is 6.94. The fourth-order valence-corrected chi connectivity index (χ4v) is 2.99. The number of rotatable bonds is 4. The first-order valence-electron chi connectivity index (χ1n) is 6.94. The maximum absolute atomic E-state index is 5.70. The molecule has 1 fully saturated rings. The Morgan fingerprint density at radius 2 is 1.84 bits per heavy atom. The molecule has 4 nitrogen and oxygen atoms in total. The van der Waals surface area contributed by atoms with Crippen LogP contribution >= 0.6 is 0 Å². The van der Waals surface area contributed by atoms with E-state index in [4.69, 9.17) is 19.9 Å². The lowest BCUT2D eigenvalue weighted by atomic mass is 9.73. The van der Waals surface area contributed by atoms with Crippen LogP contribution in [0.2, 0.25) is 0 Å². The van der Waals surface area contributed by atoms with Gasteiger partial charge in [-0.3, -0.25) is 0 Å². The van der Waals surface area contributed by atoms with E-state index in [2.05, 4.69) is 19.1 Å². The molecule has 2 heterocycles. The smallest absolute Gasteiger partial charge is 0.161 e. The van der Waals surface area contributed by atoms with Crippen LogP contribution in [0.4, 0.5) is 0 Å². The minimum Gasteiger partial charge on any atom is -0.486 e. The summed E-state index contributed by atoms with van der Waals surface area (Å²) in [6.07, 6.45) is 2.10. The van der Waals surface area contributed by atoms with Gasteiger partial charge in [0.1, 0.15) is 13.2 Å². The molecular formula is C15H21NO3. The van der Waals surface area contributed by atoms with Gasteiger partial charge in [0.05, 0.1) is 13.2 Å². The average molecular weight is 263 g/mol. The minimum atomic E-state index is 0.124. The molecule has 0 atom stereocenters. The SMILES string of the molecule is Cc1cc2c(cc1C1(CCCN)COC1)OCCO2. The molecule has 0 aromatic heterocycles. The summed E-state index contributed by atoms with van der Waals surface area (Å²) in [6, 6.07) is 4.23. The summed E-state index contributed by atoms with van der Waals surface area (Å²) >= 11 is 0. The van der Waals surface area contributed by atoms with Gasteiger partial charge in [-0.05, 0) is 49.6 Å². The van der Waals surface area contributed by atoms with Crippen LogP contribution in [0.1, 0.15) is 24.0 Å². The van der Waals surface area contributed by atoms with Gasteiger partial charge in [-0.15, -0.1) is 0 Å². The number of aryl methyl sites for hydroxylation is 1. The molecule has 0 spiro atoms. The van der Waals surface area contributed by atoms with Crippen LogP contribution in [0.5, 0.6) is 11.5 Å². The van der Waals surface area contributed by atoms with Gasteiger partial charge < -0.3 is 19.9 Å². The fraction of sp³-hybridized carbons (Fsp3) is 0.600. The van der Waals surface area contributed by atoms with E-state index in [0.29, 0.717) is 13.2 Å². The van der Waals surface area contributed by atoms with E-state index in [0.717, 1.165) is 44.1 Å². The molecule has 1 saturated heterocycles. The third-order valence-corrected chi connectivity index (χ3v) is 4.08. The maximum atomic E-state index is 5.70. The number of nitrogens with two attached hydrogens (primary N) is 1. The zero-order valence-corrected chi connectivity index (χ0v) is 11.4. The van der Waals surface area contributed by atoms with Crippen LogP contribution < -0.4 is 15.2 Å². The number of fused-ring (bicyclic) bond motifs is 1. The second-order valence-corrected chi connectivity index (χ2v) is 5.48. The lowest BCUT2D eigenvalue weighted by molar-refractivity contribution is -0.0653. The van der Waals surface area contributed by atoms with E-state index in [1.807, 2.05) is 0 Å². The Morgan fingerprint density at radius 1 is 1.16 bits per heavy atom. The van der Waals surface area contributed by atoms with E-state index < -0.39 is 0 Å². The van der Waals surface area contributed by atoms with Gasteiger partial charge in [-0.2, -0.15) is 0 Å². The second-order valence-electron chi connectivity index (χ2n) is 5.48. The van der Waals surface area contributed by atoms with Gasteiger partial charge in [0.15, 0.2) is 11.5 Å². The van der Waals surface area contributed by atoms with Crippen molar-refractivity contribution in [1.29, 1.82) is 0 Å². The van der Waals surface area contributed by atoms with Gasteiger partial charge in [0.2, 0.25) is 0 Å². The quantitative estimate of drug-likeness (QED) is 0.899. The van der Waals surface area contributed by atoms with Crippen molar-refractivity contribution in [3.8, 4) is 11.5 Å².